The first-order valence-electron chi connectivity index (χ1n) is 11.4. The molecule has 0 aliphatic heterocycles. The summed E-state index contributed by atoms with van der Waals surface area (Å²) in [6, 6.07) is 25.0. The Balaban J connectivity index is 1.84. The van der Waals surface area contributed by atoms with E-state index in [1.165, 1.54) is 23.9 Å². The van der Waals surface area contributed by atoms with Crippen LogP contribution in [0.2, 0.25) is 0 Å². The van der Waals surface area contributed by atoms with E-state index in [1.54, 1.807) is 17.0 Å². The molecule has 0 saturated carbocycles. The summed E-state index contributed by atoms with van der Waals surface area (Å²) in [5.74, 6) is 0.306. The molecule has 0 spiro atoms. The minimum absolute atomic E-state index is 0.0546. The first-order valence-corrected chi connectivity index (χ1v) is 12.6. The van der Waals surface area contributed by atoms with E-state index in [-0.39, 0.29) is 36.0 Å². The van der Waals surface area contributed by atoms with Crippen LogP contribution in [-0.2, 0) is 28.3 Å². The summed E-state index contributed by atoms with van der Waals surface area (Å²) in [4.78, 5) is 28.4. The molecule has 0 bridgehead atoms. The van der Waals surface area contributed by atoms with E-state index in [2.05, 4.69) is 5.32 Å². The van der Waals surface area contributed by atoms with Gasteiger partial charge in [-0.15, -0.1) is 11.8 Å². The third-order valence-electron chi connectivity index (χ3n) is 5.31. The normalized spacial score (nSPS) is 11.8. The molecule has 0 radical (unpaired) electrons. The van der Waals surface area contributed by atoms with Crippen LogP contribution in [0.3, 0.4) is 0 Å². The maximum absolute atomic E-state index is 13.5. The van der Waals surface area contributed by atoms with Gasteiger partial charge < -0.3 is 10.2 Å². The van der Waals surface area contributed by atoms with E-state index in [9.17, 15) is 14.0 Å². The molecule has 0 aliphatic carbocycles. The van der Waals surface area contributed by atoms with Crippen molar-refractivity contribution in [2.24, 2.45) is 0 Å². The fourth-order valence-electron chi connectivity index (χ4n) is 3.63. The molecule has 0 fully saturated rings. The van der Waals surface area contributed by atoms with Crippen molar-refractivity contribution in [1.82, 2.24) is 10.2 Å². The number of hydrogen-bond donors (Lipinski definition) is 1. The van der Waals surface area contributed by atoms with Crippen LogP contribution in [0.1, 0.15) is 30.5 Å². The number of halogens is 1. The molecule has 1 N–H and O–H groups in total. The number of thioether (sulfide) groups is 1. The monoisotopic (exact) mass is 478 g/mol. The zero-order valence-corrected chi connectivity index (χ0v) is 20.4. The Bertz CT molecular complexity index is 1040. The highest BCUT2D eigenvalue weighted by molar-refractivity contribution is 7.99. The maximum atomic E-state index is 13.5. The topological polar surface area (TPSA) is 49.4 Å². The number of carbonyl (C=O) groups excluding carboxylic acids is 2. The quantitative estimate of drug-likeness (QED) is 0.411. The summed E-state index contributed by atoms with van der Waals surface area (Å²) in [6.45, 7) is 4.03. The van der Waals surface area contributed by atoms with Crippen molar-refractivity contribution in [2.75, 3.05) is 5.75 Å². The molecule has 6 heteroatoms. The second-order valence-electron chi connectivity index (χ2n) is 8.50. The average Bonchev–Trinajstić information content (AvgIpc) is 2.83. The standard InChI is InChI=1S/C28H31FN2O2S/c1-21(2)30-28(33)26(17-22-9-5-3-6-10-22)31(18-23-13-15-25(29)16-14-23)27(32)20-34-19-24-11-7-4-8-12-24/h3-16,21,26H,17-20H2,1-2H3,(H,30,33)/t26-/m1/s1. The minimum atomic E-state index is -0.681. The van der Waals surface area contributed by atoms with Crippen molar-refractivity contribution in [3.8, 4) is 0 Å². The Kier molecular flexibility index (Phi) is 9.71. The van der Waals surface area contributed by atoms with Gasteiger partial charge in [0, 0.05) is 24.8 Å². The van der Waals surface area contributed by atoms with Gasteiger partial charge in [-0.3, -0.25) is 9.59 Å². The second kappa shape index (κ2) is 12.9. The predicted octanol–water partition coefficient (Wildman–Crippen LogP) is 5.22. The Hall–Kier alpha value is -3.12. The van der Waals surface area contributed by atoms with E-state index >= 15 is 0 Å². The number of nitrogens with one attached hydrogen (secondary N) is 1. The van der Waals surface area contributed by atoms with Crippen molar-refractivity contribution in [2.45, 2.75) is 44.6 Å². The van der Waals surface area contributed by atoms with Crippen molar-refractivity contribution in [3.63, 3.8) is 0 Å². The third-order valence-corrected chi connectivity index (χ3v) is 6.29. The van der Waals surface area contributed by atoms with Gasteiger partial charge in [-0.05, 0) is 42.7 Å². The van der Waals surface area contributed by atoms with Crippen LogP contribution in [0, 0.1) is 5.82 Å². The van der Waals surface area contributed by atoms with Crippen LogP contribution in [0.25, 0.3) is 0 Å². The van der Waals surface area contributed by atoms with Crippen molar-refractivity contribution >= 4 is 23.6 Å². The summed E-state index contributed by atoms with van der Waals surface area (Å²) >= 11 is 1.52. The lowest BCUT2D eigenvalue weighted by Crippen LogP contribution is -2.52. The minimum Gasteiger partial charge on any atom is -0.352 e. The van der Waals surface area contributed by atoms with Crippen LogP contribution in [-0.4, -0.2) is 34.6 Å². The number of nitrogens with zero attached hydrogens (tertiary/aromatic N) is 1. The number of amides is 2. The summed E-state index contributed by atoms with van der Waals surface area (Å²) < 4.78 is 13.5. The molecule has 0 aromatic heterocycles. The molecule has 0 heterocycles. The molecular weight excluding hydrogens is 447 g/mol. The zero-order chi connectivity index (χ0) is 24.3. The molecule has 0 aliphatic rings. The Morgan fingerprint density at radius 2 is 1.44 bits per heavy atom. The van der Waals surface area contributed by atoms with E-state index in [4.69, 9.17) is 0 Å². The van der Waals surface area contributed by atoms with Gasteiger partial charge in [0.2, 0.25) is 11.8 Å². The van der Waals surface area contributed by atoms with Gasteiger partial charge in [-0.2, -0.15) is 0 Å². The summed E-state index contributed by atoms with van der Waals surface area (Å²) in [5.41, 5.74) is 2.89. The Morgan fingerprint density at radius 3 is 2.03 bits per heavy atom. The van der Waals surface area contributed by atoms with Crippen molar-refractivity contribution in [1.29, 1.82) is 0 Å². The van der Waals surface area contributed by atoms with Gasteiger partial charge in [-0.1, -0.05) is 72.8 Å². The van der Waals surface area contributed by atoms with Crippen LogP contribution in [0.15, 0.2) is 84.9 Å². The lowest BCUT2D eigenvalue weighted by molar-refractivity contribution is -0.139. The lowest BCUT2D eigenvalue weighted by Gasteiger charge is -2.32. The fraction of sp³-hybridized carbons (Fsp3) is 0.286. The van der Waals surface area contributed by atoms with Gasteiger partial charge in [0.05, 0.1) is 5.75 Å². The van der Waals surface area contributed by atoms with E-state index in [1.807, 2.05) is 74.5 Å². The molecule has 2 amide bonds. The summed E-state index contributed by atoms with van der Waals surface area (Å²) in [7, 11) is 0. The number of carbonyl (C=O) groups is 2. The van der Waals surface area contributed by atoms with Gasteiger partial charge in [0.1, 0.15) is 11.9 Å². The Labute approximate surface area is 205 Å². The van der Waals surface area contributed by atoms with Gasteiger partial charge in [0.25, 0.3) is 0 Å². The van der Waals surface area contributed by atoms with Gasteiger partial charge in [-0.25, -0.2) is 4.39 Å². The summed E-state index contributed by atoms with van der Waals surface area (Å²) in [5, 5.41) is 2.98. The Morgan fingerprint density at radius 1 is 0.853 bits per heavy atom. The van der Waals surface area contributed by atoms with Crippen molar-refractivity contribution < 1.29 is 14.0 Å². The average molecular weight is 479 g/mol. The van der Waals surface area contributed by atoms with E-state index < -0.39 is 6.04 Å². The largest absolute Gasteiger partial charge is 0.352 e. The van der Waals surface area contributed by atoms with Crippen LogP contribution < -0.4 is 5.32 Å². The van der Waals surface area contributed by atoms with Gasteiger partial charge >= 0.3 is 0 Å². The highest BCUT2D eigenvalue weighted by Gasteiger charge is 2.30. The fourth-order valence-corrected chi connectivity index (χ4v) is 4.51. The van der Waals surface area contributed by atoms with Crippen molar-refractivity contribution in [3.05, 3.63) is 107 Å². The number of rotatable bonds is 11. The molecule has 0 saturated heterocycles. The molecule has 0 unspecified atom stereocenters. The molecular formula is C28H31FN2O2S. The molecule has 4 nitrogen and oxygen atoms in total. The molecule has 1 atom stereocenters. The van der Waals surface area contributed by atoms with E-state index in [0.29, 0.717) is 12.2 Å². The molecule has 3 aromatic rings. The molecule has 34 heavy (non-hydrogen) atoms. The number of hydrogen-bond acceptors (Lipinski definition) is 3. The third kappa shape index (κ3) is 8.03. The molecule has 178 valence electrons. The first kappa shape index (κ1) is 25.5. The van der Waals surface area contributed by atoms with Gasteiger partial charge in [0.15, 0.2) is 0 Å². The maximum Gasteiger partial charge on any atom is 0.243 e. The smallest absolute Gasteiger partial charge is 0.243 e. The SMILES string of the molecule is CC(C)NC(=O)[C@@H](Cc1ccccc1)N(Cc1ccc(F)cc1)C(=O)CSCc1ccccc1. The molecule has 3 rings (SSSR count). The lowest BCUT2D eigenvalue weighted by atomic mass is 10.0. The zero-order valence-electron chi connectivity index (χ0n) is 19.6. The van der Waals surface area contributed by atoms with E-state index in [0.717, 1.165) is 16.7 Å². The van der Waals surface area contributed by atoms with Crippen LogP contribution in [0.4, 0.5) is 4.39 Å². The highest BCUT2D eigenvalue weighted by Crippen LogP contribution is 2.19. The first-order chi connectivity index (χ1) is 16.4. The molecule has 3 aromatic carbocycles. The van der Waals surface area contributed by atoms with Crippen LogP contribution >= 0.6 is 11.8 Å². The predicted molar refractivity (Wildman–Crippen MR) is 137 cm³/mol. The second-order valence-corrected chi connectivity index (χ2v) is 9.48. The highest BCUT2D eigenvalue weighted by atomic mass is 32.2. The number of benzene rings is 3. The summed E-state index contributed by atoms with van der Waals surface area (Å²) in [6.07, 6.45) is 0.398. The van der Waals surface area contributed by atoms with Crippen LogP contribution in [0.5, 0.6) is 0 Å².